The quantitative estimate of drug-likeness (QED) is 0.570. The van der Waals surface area contributed by atoms with E-state index in [1.165, 1.54) is 11.1 Å². The summed E-state index contributed by atoms with van der Waals surface area (Å²) >= 11 is 6.12. The van der Waals surface area contributed by atoms with Crippen molar-refractivity contribution < 1.29 is 0 Å². The van der Waals surface area contributed by atoms with Crippen molar-refractivity contribution in [2.45, 2.75) is 11.9 Å². The predicted molar refractivity (Wildman–Crippen MR) is 65.5 cm³/mol. The molecule has 0 aromatic heterocycles. The summed E-state index contributed by atoms with van der Waals surface area (Å²) in [5.74, 6) is 0.138. The number of rotatable bonds is 1. The fourth-order valence-corrected chi connectivity index (χ4v) is 1.77. The monoisotopic (exact) mass is 219 g/mol. The van der Waals surface area contributed by atoms with Crippen molar-refractivity contribution >= 4 is 17.2 Å². The van der Waals surface area contributed by atoms with Gasteiger partial charge in [-0.1, -0.05) is 61.0 Å². The van der Waals surface area contributed by atoms with Crippen LogP contribution in [0.2, 0.25) is 0 Å². The van der Waals surface area contributed by atoms with Gasteiger partial charge in [0.2, 0.25) is 0 Å². The van der Waals surface area contributed by atoms with Crippen LogP contribution in [0.3, 0.4) is 0 Å². The Morgan fingerprint density at radius 2 is 1.93 bits per heavy atom. The number of hydrogen-bond donors (Lipinski definition) is 1. The smallest absolute Gasteiger partial charge is 0.116 e. The van der Waals surface area contributed by atoms with Crippen LogP contribution in [0.5, 0.6) is 0 Å². The van der Waals surface area contributed by atoms with Gasteiger partial charge in [0.25, 0.3) is 0 Å². The molecular formula is C13H14ClN. The van der Waals surface area contributed by atoms with Crippen molar-refractivity contribution in [3.63, 3.8) is 0 Å². The number of alkyl halides is 1. The minimum atomic E-state index is -0.738. The summed E-state index contributed by atoms with van der Waals surface area (Å²) in [7, 11) is 0. The van der Waals surface area contributed by atoms with E-state index in [0.29, 0.717) is 0 Å². The van der Waals surface area contributed by atoms with E-state index >= 15 is 0 Å². The third-order valence-corrected chi connectivity index (χ3v) is 3.22. The average molecular weight is 220 g/mol. The van der Waals surface area contributed by atoms with Gasteiger partial charge in [0.05, 0.1) is 0 Å². The molecule has 15 heavy (non-hydrogen) atoms. The second-order valence-electron chi connectivity index (χ2n) is 3.94. The van der Waals surface area contributed by atoms with Gasteiger partial charge in [-0.15, -0.1) is 0 Å². The van der Waals surface area contributed by atoms with Crippen LogP contribution in [-0.4, -0.2) is 5.00 Å². The Kier molecular flexibility index (Phi) is 2.68. The molecule has 0 spiro atoms. The normalized spacial score (nSPS) is 30.1. The van der Waals surface area contributed by atoms with E-state index in [9.17, 15) is 0 Å². The molecule has 0 fully saturated rings. The minimum Gasteiger partial charge on any atom is -0.309 e. The maximum absolute atomic E-state index is 6.12. The summed E-state index contributed by atoms with van der Waals surface area (Å²) in [4.78, 5) is -0.738. The van der Waals surface area contributed by atoms with Gasteiger partial charge in [0, 0.05) is 5.92 Å². The molecule has 0 saturated heterocycles. The fraction of sp³-hybridized carbons (Fsp3) is 0.231. The molecule has 2 rings (SSSR count). The van der Waals surface area contributed by atoms with Crippen LogP contribution in [-0.2, 0) is 0 Å². The maximum Gasteiger partial charge on any atom is 0.116 e. The highest BCUT2D eigenvalue weighted by atomic mass is 35.5. The summed E-state index contributed by atoms with van der Waals surface area (Å²) in [6, 6.07) is 10.2. The van der Waals surface area contributed by atoms with Crippen LogP contribution in [0.1, 0.15) is 12.5 Å². The Bertz CT molecular complexity index is 404. The van der Waals surface area contributed by atoms with Crippen LogP contribution >= 0.6 is 11.6 Å². The molecule has 0 saturated carbocycles. The lowest BCUT2D eigenvalue weighted by Crippen LogP contribution is -2.38. The molecule has 2 atom stereocenters. The molecule has 1 aromatic rings. The standard InChI is InChI=1S/C13H14ClN/c1-10-9-12(7-8-13(10,14)15)11-5-3-2-4-6-11/h2-10H,15H2,1H3. The number of halogens is 1. The second-order valence-corrected chi connectivity index (χ2v) is 4.59. The highest BCUT2D eigenvalue weighted by Gasteiger charge is 2.27. The number of benzene rings is 1. The van der Waals surface area contributed by atoms with Crippen LogP contribution in [0.25, 0.3) is 5.57 Å². The van der Waals surface area contributed by atoms with Gasteiger partial charge in [0.1, 0.15) is 5.00 Å². The highest BCUT2D eigenvalue weighted by Crippen LogP contribution is 2.31. The summed E-state index contributed by atoms with van der Waals surface area (Å²) in [5, 5.41) is 0. The van der Waals surface area contributed by atoms with Crippen molar-refractivity contribution in [1.82, 2.24) is 0 Å². The first kappa shape index (κ1) is 10.5. The van der Waals surface area contributed by atoms with Gasteiger partial charge in [-0.2, -0.15) is 0 Å². The largest absolute Gasteiger partial charge is 0.309 e. The Labute approximate surface area is 95.2 Å². The van der Waals surface area contributed by atoms with Gasteiger partial charge in [-0.3, -0.25) is 0 Å². The molecule has 0 heterocycles. The van der Waals surface area contributed by atoms with E-state index in [4.69, 9.17) is 17.3 Å². The molecular weight excluding hydrogens is 206 g/mol. The molecule has 78 valence electrons. The van der Waals surface area contributed by atoms with Gasteiger partial charge in [-0.25, -0.2) is 0 Å². The van der Waals surface area contributed by atoms with Gasteiger partial charge < -0.3 is 5.73 Å². The Morgan fingerprint density at radius 1 is 1.27 bits per heavy atom. The highest BCUT2D eigenvalue weighted by molar-refractivity contribution is 6.25. The molecule has 2 unspecified atom stereocenters. The molecule has 1 nitrogen and oxygen atoms in total. The molecule has 1 aromatic carbocycles. The van der Waals surface area contributed by atoms with Crippen LogP contribution in [0.4, 0.5) is 0 Å². The van der Waals surface area contributed by atoms with Crippen molar-refractivity contribution in [3.05, 3.63) is 54.1 Å². The SMILES string of the molecule is CC1C=C(c2ccccc2)C=CC1(N)Cl. The molecule has 0 radical (unpaired) electrons. The molecule has 2 N–H and O–H groups in total. The first-order valence-electron chi connectivity index (χ1n) is 5.04. The second kappa shape index (κ2) is 3.84. The fourth-order valence-electron chi connectivity index (χ4n) is 1.64. The van der Waals surface area contributed by atoms with Crippen molar-refractivity contribution in [3.8, 4) is 0 Å². The van der Waals surface area contributed by atoms with Crippen molar-refractivity contribution in [1.29, 1.82) is 0 Å². The molecule has 0 bridgehead atoms. The third-order valence-electron chi connectivity index (χ3n) is 2.75. The van der Waals surface area contributed by atoms with Gasteiger partial charge >= 0.3 is 0 Å². The van der Waals surface area contributed by atoms with Crippen LogP contribution < -0.4 is 5.73 Å². The predicted octanol–water partition coefficient (Wildman–Crippen LogP) is 3.17. The van der Waals surface area contributed by atoms with E-state index < -0.39 is 5.00 Å². The Balaban J connectivity index is 2.32. The molecule has 1 aliphatic carbocycles. The van der Waals surface area contributed by atoms with Crippen LogP contribution in [0, 0.1) is 5.92 Å². The summed E-state index contributed by atoms with van der Waals surface area (Å²) in [6.45, 7) is 2.03. The minimum absolute atomic E-state index is 0.138. The van der Waals surface area contributed by atoms with Crippen molar-refractivity contribution in [2.24, 2.45) is 11.7 Å². The van der Waals surface area contributed by atoms with E-state index in [2.05, 4.69) is 18.2 Å². The van der Waals surface area contributed by atoms with Gasteiger partial charge in [-0.05, 0) is 17.2 Å². The third kappa shape index (κ3) is 2.14. The topological polar surface area (TPSA) is 26.0 Å². The van der Waals surface area contributed by atoms with E-state index in [-0.39, 0.29) is 5.92 Å². The Hall–Kier alpha value is -1.05. The van der Waals surface area contributed by atoms with Crippen molar-refractivity contribution in [2.75, 3.05) is 0 Å². The lowest BCUT2D eigenvalue weighted by Gasteiger charge is -2.27. The van der Waals surface area contributed by atoms with E-state index in [1.807, 2.05) is 37.3 Å². The molecule has 2 heteroatoms. The summed E-state index contributed by atoms with van der Waals surface area (Å²) in [5.41, 5.74) is 8.28. The lowest BCUT2D eigenvalue weighted by molar-refractivity contribution is 0.567. The summed E-state index contributed by atoms with van der Waals surface area (Å²) in [6.07, 6.45) is 5.96. The zero-order chi connectivity index (χ0) is 10.9. The Morgan fingerprint density at radius 3 is 2.53 bits per heavy atom. The zero-order valence-corrected chi connectivity index (χ0v) is 9.41. The first-order chi connectivity index (χ1) is 7.09. The molecule has 1 aliphatic rings. The molecule has 0 aliphatic heterocycles. The number of allylic oxidation sites excluding steroid dienone is 2. The van der Waals surface area contributed by atoms with E-state index in [0.717, 1.165) is 0 Å². The molecule has 0 amide bonds. The number of nitrogens with two attached hydrogens (primary N) is 1. The first-order valence-corrected chi connectivity index (χ1v) is 5.42. The van der Waals surface area contributed by atoms with Crippen LogP contribution in [0.15, 0.2) is 48.6 Å². The zero-order valence-electron chi connectivity index (χ0n) is 8.65. The van der Waals surface area contributed by atoms with Gasteiger partial charge in [0.15, 0.2) is 0 Å². The summed E-state index contributed by atoms with van der Waals surface area (Å²) < 4.78 is 0. The number of hydrogen-bond acceptors (Lipinski definition) is 1. The lowest BCUT2D eigenvalue weighted by atomic mass is 9.90. The average Bonchev–Trinajstić information content (AvgIpc) is 2.23. The maximum atomic E-state index is 6.12. The van der Waals surface area contributed by atoms with E-state index in [1.54, 1.807) is 0 Å².